The number of carbonyl (C=O) groups excluding carboxylic acids is 1. The van der Waals surface area contributed by atoms with E-state index in [1.54, 1.807) is 0 Å². The predicted octanol–water partition coefficient (Wildman–Crippen LogP) is 10.8. The maximum Gasteiger partial charge on any atom is 0.306 e. The zero-order valence-electron chi connectivity index (χ0n) is 25.4. The van der Waals surface area contributed by atoms with Crippen molar-refractivity contribution in [2.45, 2.75) is 161 Å². The second kappa shape index (κ2) is 30.4. The smallest absolute Gasteiger partial charge is 0.306 e. The zero-order chi connectivity index (χ0) is 28.7. The van der Waals surface area contributed by atoms with Crippen LogP contribution in [0.2, 0.25) is 0 Å². The van der Waals surface area contributed by atoms with E-state index < -0.39 is 5.97 Å². The molecule has 1 unspecified atom stereocenters. The van der Waals surface area contributed by atoms with Crippen LogP contribution in [0.15, 0.2) is 48.6 Å². The van der Waals surface area contributed by atoms with Crippen LogP contribution in [-0.4, -0.2) is 23.1 Å². The molecule has 0 aromatic rings. The molecule has 1 atom stereocenters. The topological polar surface area (TPSA) is 63.6 Å². The van der Waals surface area contributed by atoms with Gasteiger partial charge in [-0.3, -0.25) is 9.59 Å². The lowest BCUT2D eigenvalue weighted by Gasteiger charge is -2.14. The number of carboxylic acids is 1. The lowest BCUT2D eigenvalue weighted by molar-refractivity contribution is -0.147. The molecule has 0 saturated heterocycles. The number of carbonyl (C=O) groups is 2. The minimum atomic E-state index is -0.719. The molecule has 0 aromatic carbocycles. The number of unbranched alkanes of at least 4 members (excludes halogenated alkanes) is 13. The summed E-state index contributed by atoms with van der Waals surface area (Å²) >= 11 is 0. The van der Waals surface area contributed by atoms with Gasteiger partial charge in [0.15, 0.2) is 0 Å². The number of carboxylic acid groups (broad SMARTS) is 1. The molecule has 0 aliphatic carbocycles. The van der Waals surface area contributed by atoms with Gasteiger partial charge in [-0.2, -0.15) is 0 Å². The molecule has 0 spiro atoms. The standard InChI is InChI=1S/C35H60O4/c1-3-5-7-9-11-13-15-16-18-21-25-29-33(30-26-22-20-23-27-31-34(36)37)39-35(38)32-28-24-19-17-14-12-10-8-6-4-2/h5,7,11,13,16,18,25,29,33H,3-4,6,8-10,12,14-15,17,19-24,26-28,30-32H2,1-2H3,(H,36,37)/b7-5-,13-11-,18-16-,29-25-. The van der Waals surface area contributed by atoms with E-state index in [2.05, 4.69) is 62.5 Å². The summed E-state index contributed by atoms with van der Waals surface area (Å²) in [6, 6.07) is 0. The Balaban J connectivity index is 4.29. The Morgan fingerprint density at radius 1 is 0.590 bits per heavy atom. The first kappa shape index (κ1) is 36.9. The van der Waals surface area contributed by atoms with E-state index >= 15 is 0 Å². The maximum atomic E-state index is 12.5. The quantitative estimate of drug-likeness (QED) is 0.0604. The fourth-order valence-electron chi connectivity index (χ4n) is 4.44. The molecule has 0 saturated carbocycles. The number of hydrogen-bond donors (Lipinski definition) is 1. The molecule has 224 valence electrons. The van der Waals surface area contributed by atoms with Gasteiger partial charge in [-0.15, -0.1) is 0 Å². The molecule has 0 rings (SSSR count). The maximum absolute atomic E-state index is 12.5. The molecule has 0 aliphatic rings. The Bertz CT molecular complexity index is 674. The molecular weight excluding hydrogens is 484 g/mol. The van der Waals surface area contributed by atoms with Crippen molar-refractivity contribution in [1.29, 1.82) is 0 Å². The van der Waals surface area contributed by atoms with E-state index in [0.717, 1.165) is 77.0 Å². The summed E-state index contributed by atoms with van der Waals surface area (Å²) in [6.07, 6.45) is 39.8. The highest BCUT2D eigenvalue weighted by Crippen LogP contribution is 2.15. The number of esters is 1. The summed E-state index contributed by atoms with van der Waals surface area (Å²) in [5, 5.41) is 8.76. The van der Waals surface area contributed by atoms with Crippen LogP contribution in [0.25, 0.3) is 0 Å². The molecule has 0 fully saturated rings. The third-order valence-corrected chi connectivity index (χ3v) is 6.80. The van der Waals surface area contributed by atoms with Crippen LogP contribution in [-0.2, 0) is 14.3 Å². The highest BCUT2D eigenvalue weighted by atomic mass is 16.5. The van der Waals surface area contributed by atoms with Crippen LogP contribution in [0.3, 0.4) is 0 Å². The van der Waals surface area contributed by atoms with Gasteiger partial charge >= 0.3 is 11.9 Å². The van der Waals surface area contributed by atoms with Crippen LogP contribution >= 0.6 is 0 Å². The molecule has 1 N–H and O–H groups in total. The van der Waals surface area contributed by atoms with Gasteiger partial charge in [0.2, 0.25) is 0 Å². The highest BCUT2D eigenvalue weighted by molar-refractivity contribution is 5.69. The molecule has 0 aromatic heterocycles. The molecule has 0 radical (unpaired) electrons. The zero-order valence-corrected chi connectivity index (χ0v) is 25.4. The van der Waals surface area contributed by atoms with Gasteiger partial charge in [0.05, 0.1) is 0 Å². The van der Waals surface area contributed by atoms with Crippen LogP contribution in [0, 0.1) is 0 Å². The van der Waals surface area contributed by atoms with Crippen molar-refractivity contribution in [2.24, 2.45) is 0 Å². The summed E-state index contributed by atoms with van der Waals surface area (Å²) < 4.78 is 5.84. The normalized spacial score (nSPS) is 12.9. The van der Waals surface area contributed by atoms with E-state index in [0.29, 0.717) is 6.42 Å². The van der Waals surface area contributed by atoms with Crippen LogP contribution in [0.4, 0.5) is 0 Å². The summed E-state index contributed by atoms with van der Waals surface area (Å²) in [5.41, 5.74) is 0. The van der Waals surface area contributed by atoms with Crippen molar-refractivity contribution < 1.29 is 19.4 Å². The molecule has 0 aliphatic heterocycles. The number of hydrogen-bond acceptors (Lipinski definition) is 3. The molecule has 4 nitrogen and oxygen atoms in total. The first-order chi connectivity index (χ1) is 19.1. The first-order valence-electron chi connectivity index (χ1n) is 16.1. The second-order valence-corrected chi connectivity index (χ2v) is 10.6. The Morgan fingerprint density at radius 2 is 1.05 bits per heavy atom. The van der Waals surface area contributed by atoms with E-state index in [4.69, 9.17) is 9.84 Å². The van der Waals surface area contributed by atoms with E-state index in [1.807, 2.05) is 0 Å². The second-order valence-electron chi connectivity index (χ2n) is 10.6. The average molecular weight is 545 g/mol. The van der Waals surface area contributed by atoms with Crippen molar-refractivity contribution in [3.63, 3.8) is 0 Å². The first-order valence-corrected chi connectivity index (χ1v) is 16.1. The van der Waals surface area contributed by atoms with Gasteiger partial charge in [0, 0.05) is 12.8 Å². The van der Waals surface area contributed by atoms with Crippen molar-refractivity contribution in [3.8, 4) is 0 Å². The summed E-state index contributed by atoms with van der Waals surface area (Å²) in [7, 11) is 0. The monoisotopic (exact) mass is 544 g/mol. The number of allylic oxidation sites excluding steroid dienone is 7. The highest BCUT2D eigenvalue weighted by Gasteiger charge is 2.11. The molecule has 0 bridgehead atoms. The van der Waals surface area contributed by atoms with Gasteiger partial charge < -0.3 is 9.84 Å². The minimum Gasteiger partial charge on any atom is -0.481 e. The van der Waals surface area contributed by atoms with Crippen LogP contribution in [0.5, 0.6) is 0 Å². The van der Waals surface area contributed by atoms with Crippen molar-refractivity contribution in [1.82, 2.24) is 0 Å². The molecule has 0 heterocycles. The van der Waals surface area contributed by atoms with E-state index in [-0.39, 0.29) is 18.5 Å². The molecular formula is C35H60O4. The van der Waals surface area contributed by atoms with Crippen molar-refractivity contribution in [3.05, 3.63) is 48.6 Å². The summed E-state index contributed by atoms with van der Waals surface area (Å²) in [5.74, 6) is -0.799. The number of ether oxygens (including phenoxy) is 1. The SMILES string of the molecule is CC/C=C\C/C=C\C/C=C\C/C=C\C(CCCCCCCC(=O)O)OC(=O)CCCCCCCCCCCC. The third kappa shape index (κ3) is 30.3. The lowest BCUT2D eigenvalue weighted by atomic mass is 10.1. The summed E-state index contributed by atoms with van der Waals surface area (Å²) in [4.78, 5) is 23.1. The molecule has 0 amide bonds. The number of aliphatic carboxylic acids is 1. The van der Waals surface area contributed by atoms with Gasteiger partial charge in [-0.1, -0.05) is 133 Å². The minimum absolute atomic E-state index is 0.0801. The van der Waals surface area contributed by atoms with Gasteiger partial charge in [-0.25, -0.2) is 0 Å². The fourth-order valence-corrected chi connectivity index (χ4v) is 4.44. The third-order valence-electron chi connectivity index (χ3n) is 6.80. The largest absolute Gasteiger partial charge is 0.481 e. The van der Waals surface area contributed by atoms with E-state index in [1.165, 1.54) is 51.4 Å². The van der Waals surface area contributed by atoms with Gasteiger partial charge in [-0.05, 0) is 57.4 Å². The van der Waals surface area contributed by atoms with Crippen molar-refractivity contribution >= 4 is 11.9 Å². The predicted molar refractivity (Wildman–Crippen MR) is 167 cm³/mol. The van der Waals surface area contributed by atoms with Gasteiger partial charge in [0.25, 0.3) is 0 Å². The number of rotatable bonds is 28. The lowest BCUT2D eigenvalue weighted by Crippen LogP contribution is -2.16. The van der Waals surface area contributed by atoms with Crippen LogP contribution < -0.4 is 0 Å². The van der Waals surface area contributed by atoms with Crippen molar-refractivity contribution in [2.75, 3.05) is 0 Å². The Hall–Kier alpha value is -2.10. The summed E-state index contributed by atoms with van der Waals surface area (Å²) in [6.45, 7) is 4.40. The van der Waals surface area contributed by atoms with Gasteiger partial charge in [0.1, 0.15) is 6.10 Å². The van der Waals surface area contributed by atoms with Crippen LogP contribution in [0.1, 0.15) is 155 Å². The molecule has 4 heteroatoms. The Morgan fingerprint density at radius 3 is 1.59 bits per heavy atom. The fraction of sp³-hybridized carbons (Fsp3) is 0.714. The van der Waals surface area contributed by atoms with E-state index in [9.17, 15) is 9.59 Å². The molecule has 39 heavy (non-hydrogen) atoms. The average Bonchev–Trinajstić information content (AvgIpc) is 2.91. The Labute approximate surface area is 241 Å². The Kier molecular flexibility index (Phi) is 28.8.